The van der Waals surface area contributed by atoms with Gasteiger partial charge in [-0.1, -0.05) is 32.9 Å². The van der Waals surface area contributed by atoms with Crippen molar-refractivity contribution in [3.63, 3.8) is 0 Å². The lowest BCUT2D eigenvalue weighted by Crippen LogP contribution is -2.43. The van der Waals surface area contributed by atoms with Crippen molar-refractivity contribution in [2.75, 3.05) is 18.0 Å². The zero-order valence-corrected chi connectivity index (χ0v) is 11.0. The molecule has 0 saturated carbocycles. The Hall–Kier alpha value is -1.02. The topological polar surface area (TPSA) is 15.3 Å². The van der Waals surface area contributed by atoms with Gasteiger partial charge in [-0.2, -0.15) is 0 Å². The van der Waals surface area contributed by atoms with E-state index < -0.39 is 0 Å². The summed E-state index contributed by atoms with van der Waals surface area (Å²) in [6.45, 7) is 9.14. The lowest BCUT2D eigenvalue weighted by atomic mass is 9.87. The molecular weight excluding hydrogens is 208 g/mol. The Balaban J connectivity index is 1.81. The molecule has 0 amide bonds. The van der Waals surface area contributed by atoms with Crippen LogP contribution in [0, 0.1) is 0 Å². The largest absolute Gasteiger partial charge is 0.366 e. The second kappa shape index (κ2) is 3.74. The maximum Gasteiger partial charge on any atom is 0.0430 e. The molecule has 2 heterocycles. The van der Waals surface area contributed by atoms with E-state index in [2.05, 4.69) is 55.3 Å². The van der Waals surface area contributed by atoms with Crippen LogP contribution in [0.5, 0.6) is 0 Å². The molecule has 2 nitrogen and oxygen atoms in total. The van der Waals surface area contributed by atoms with Crippen LogP contribution in [0.2, 0.25) is 0 Å². The maximum absolute atomic E-state index is 3.55. The average Bonchev–Trinajstić information content (AvgIpc) is 2.89. The SMILES string of the molecule is CC(C)(C)c1ccc(N2C[C@H]3C[C@@H]2CN3)cc1. The minimum absolute atomic E-state index is 0.254. The number of hydrogen-bond acceptors (Lipinski definition) is 2. The maximum atomic E-state index is 3.55. The van der Waals surface area contributed by atoms with Crippen LogP contribution < -0.4 is 10.2 Å². The molecule has 3 rings (SSSR count). The van der Waals surface area contributed by atoms with E-state index in [-0.39, 0.29) is 5.41 Å². The van der Waals surface area contributed by atoms with E-state index in [0.717, 1.165) is 18.6 Å². The van der Waals surface area contributed by atoms with Gasteiger partial charge in [0.2, 0.25) is 0 Å². The lowest BCUT2D eigenvalue weighted by molar-refractivity contribution is 0.578. The van der Waals surface area contributed by atoms with E-state index in [1.54, 1.807) is 0 Å². The molecule has 2 atom stereocenters. The van der Waals surface area contributed by atoms with Crippen LogP contribution >= 0.6 is 0 Å². The average molecular weight is 230 g/mol. The van der Waals surface area contributed by atoms with Crippen LogP contribution in [-0.4, -0.2) is 25.2 Å². The summed E-state index contributed by atoms with van der Waals surface area (Å²) in [6, 6.07) is 10.6. The highest BCUT2D eigenvalue weighted by molar-refractivity contribution is 5.51. The van der Waals surface area contributed by atoms with Crippen molar-refractivity contribution in [2.45, 2.75) is 44.7 Å². The van der Waals surface area contributed by atoms with Gasteiger partial charge in [0.1, 0.15) is 0 Å². The Labute approximate surface area is 104 Å². The van der Waals surface area contributed by atoms with E-state index in [1.807, 2.05) is 0 Å². The molecule has 2 bridgehead atoms. The fourth-order valence-electron chi connectivity index (χ4n) is 3.03. The molecule has 0 aliphatic carbocycles. The van der Waals surface area contributed by atoms with Crippen molar-refractivity contribution in [3.05, 3.63) is 29.8 Å². The van der Waals surface area contributed by atoms with Gasteiger partial charge in [0.15, 0.2) is 0 Å². The fourth-order valence-corrected chi connectivity index (χ4v) is 3.03. The van der Waals surface area contributed by atoms with Gasteiger partial charge < -0.3 is 10.2 Å². The second-order valence-corrected chi connectivity index (χ2v) is 6.44. The number of benzene rings is 1. The predicted octanol–water partition coefficient (Wildman–Crippen LogP) is 2.53. The first kappa shape index (κ1) is 11.1. The van der Waals surface area contributed by atoms with Gasteiger partial charge >= 0.3 is 0 Å². The molecule has 1 aromatic rings. The number of rotatable bonds is 1. The smallest absolute Gasteiger partial charge is 0.0430 e. The van der Waals surface area contributed by atoms with Crippen molar-refractivity contribution < 1.29 is 0 Å². The van der Waals surface area contributed by atoms with E-state index in [9.17, 15) is 0 Å². The number of nitrogens with zero attached hydrogens (tertiary/aromatic N) is 1. The van der Waals surface area contributed by atoms with Crippen molar-refractivity contribution in [3.8, 4) is 0 Å². The van der Waals surface area contributed by atoms with Crippen molar-refractivity contribution in [1.82, 2.24) is 5.32 Å². The zero-order chi connectivity index (χ0) is 12.0. The molecule has 2 heteroatoms. The molecule has 2 saturated heterocycles. The van der Waals surface area contributed by atoms with Gasteiger partial charge in [0.25, 0.3) is 0 Å². The first-order valence-corrected chi connectivity index (χ1v) is 6.64. The highest BCUT2D eigenvalue weighted by Crippen LogP contribution is 2.31. The highest BCUT2D eigenvalue weighted by Gasteiger charge is 2.37. The van der Waals surface area contributed by atoms with Gasteiger partial charge in [-0.3, -0.25) is 0 Å². The summed E-state index contributed by atoms with van der Waals surface area (Å²) in [4.78, 5) is 2.56. The van der Waals surface area contributed by atoms with Gasteiger partial charge in [-0.25, -0.2) is 0 Å². The van der Waals surface area contributed by atoms with E-state index in [0.29, 0.717) is 0 Å². The van der Waals surface area contributed by atoms with Crippen LogP contribution in [0.4, 0.5) is 5.69 Å². The number of hydrogen-bond donors (Lipinski definition) is 1. The Morgan fingerprint density at radius 1 is 1.18 bits per heavy atom. The second-order valence-electron chi connectivity index (χ2n) is 6.44. The summed E-state index contributed by atoms with van der Waals surface area (Å²) in [6.07, 6.45) is 1.32. The molecule has 92 valence electrons. The summed E-state index contributed by atoms with van der Waals surface area (Å²) < 4.78 is 0. The molecule has 2 fully saturated rings. The number of anilines is 1. The summed E-state index contributed by atoms with van der Waals surface area (Å²) in [7, 11) is 0. The van der Waals surface area contributed by atoms with E-state index in [4.69, 9.17) is 0 Å². The Bertz CT molecular complexity index is 402. The molecule has 17 heavy (non-hydrogen) atoms. The van der Waals surface area contributed by atoms with Crippen LogP contribution in [0.1, 0.15) is 32.8 Å². The molecule has 0 spiro atoms. The molecule has 0 aromatic heterocycles. The summed E-state index contributed by atoms with van der Waals surface area (Å²) in [5.74, 6) is 0. The summed E-state index contributed by atoms with van der Waals surface area (Å²) in [5, 5.41) is 3.55. The Morgan fingerprint density at radius 3 is 2.35 bits per heavy atom. The van der Waals surface area contributed by atoms with Gasteiger partial charge in [0.05, 0.1) is 0 Å². The first-order chi connectivity index (χ1) is 8.04. The summed E-state index contributed by atoms with van der Waals surface area (Å²) >= 11 is 0. The van der Waals surface area contributed by atoms with Crippen molar-refractivity contribution in [2.24, 2.45) is 0 Å². The molecule has 2 aliphatic heterocycles. The number of fused-ring (bicyclic) bond motifs is 2. The van der Waals surface area contributed by atoms with Crippen molar-refractivity contribution in [1.29, 1.82) is 0 Å². The van der Waals surface area contributed by atoms with Gasteiger partial charge in [-0.05, 0) is 29.5 Å². The minimum Gasteiger partial charge on any atom is -0.366 e. The summed E-state index contributed by atoms with van der Waals surface area (Å²) in [5.41, 5.74) is 3.07. The third kappa shape index (κ3) is 1.95. The Kier molecular flexibility index (Phi) is 2.44. The van der Waals surface area contributed by atoms with Crippen LogP contribution in [-0.2, 0) is 5.41 Å². The van der Waals surface area contributed by atoms with E-state index in [1.165, 1.54) is 24.2 Å². The molecule has 1 aromatic carbocycles. The highest BCUT2D eigenvalue weighted by atomic mass is 15.3. The number of piperazine rings is 1. The number of nitrogens with one attached hydrogen (secondary N) is 1. The van der Waals surface area contributed by atoms with Crippen LogP contribution in [0.25, 0.3) is 0 Å². The lowest BCUT2D eigenvalue weighted by Gasteiger charge is -2.30. The molecule has 1 N–H and O–H groups in total. The molecule has 0 unspecified atom stereocenters. The third-order valence-corrected chi connectivity index (χ3v) is 4.12. The van der Waals surface area contributed by atoms with Gasteiger partial charge in [-0.15, -0.1) is 0 Å². The normalized spacial score (nSPS) is 27.8. The fraction of sp³-hybridized carbons (Fsp3) is 0.600. The monoisotopic (exact) mass is 230 g/mol. The Morgan fingerprint density at radius 2 is 1.88 bits per heavy atom. The third-order valence-electron chi connectivity index (χ3n) is 4.12. The first-order valence-electron chi connectivity index (χ1n) is 6.64. The molecule has 2 aliphatic rings. The van der Waals surface area contributed by atoms with E-state index >= 15 is 0 Å². The molecular formula is C15H22N2. The van der Waals surface area contributed by atoms with Crippen molar-refractivity contribution >= 4 is 5.69 Å². The predicted molar refractivity (Wildman–Crippen MR) is 72.7 cm³/mol. The van der Waals surface area contributed by atoms with Crippen LogP contribution in [0.3, 0.4) is 0 Å². The zero-order valence-electron chi connectivity index (χ0n) is 11.0. The minimum atomic E-state index is 0.254. The standard InChI is InChI=1S/C15H22N2/c1-15(2,3)11-4-6-13(7-5-11)17-10-12-8-14(17)9-16-12/h4-7,12,14,16H,8-10H2,1-3H3/t12-,14-/m1/s1. The van der Waals surface area contributed by atoms with Gasteiger partial charge in [0, 0.05) is 30.9 Å². The quantitative estimate of drug-likeness (QED) is 0.797. The van der Waals surface area contributed by atoms with Crippen LogP contribution in [0.15, 0.2) is 24.3 Å². The molecule has 0 radical (unpaired) electrons.